The molecule has 0 aromatic heterocycles. The molecule has 1 aliphatic carbocycles. The number of carbonyl (C=O) groups is 1. The third-order valence-corrected chi connectivity index (χ3v) is 2.34. The van der Waals surface area contributed by atoms with Gasteiger partial charge in [0.2, 0.25) is 5.91 Å². The minimum Gasteiger partial charge on any atom is -0.383 e. The number of hydrogen-bond donors (Lipinski definition) is 2. The van der Waals surface area contributed by atoms with Gasteiger partial charge < -0.3 is 15.4 Å². The van der Waals surface area contributed by atoms with Gasteiger partial charge in [-0.25, -0.2) is 0 Å². The summed E-state index contributed by atoms with van der Waals surface area (Å²) in [5.41, 5.74) is 0. The van der Waals surface area contributed by atoms with Gasteiger partial charge >= 0.3 is 0 Å². The molecule has 0 saturated heterocycles. The Balaban J connectivity index is 0.00000196. The molecule has 0 heterocycles. The number of rotatable bonds is 8. The summed E-state index contributed by atoms with van der Waals surface area (Å²) in [6, 6.07) is 0. The molecule has 1 saturated carbocycles. The first-order valence-corrected chi connectivity index (χ1v) is 5.29. The highest BCUT2D eigenvalue weighted by Crippen LogP contribution is 2.31. The summed E-state index contributed by atoms with van der Waals surface area (Å²) >= 11 is 0. The normalized spacial score (nSPS) is 14.5. The van der Waals surface area contributed by atoms with Crippen molar-refractivity contribution in [2.45, 2.75) is 19.3 Å². The Bertz CT molecular complexity index is 175. The average Bonchev–Trinajstić information content (AvgIpc) is 2.96. The summed E-state index contributed by atoms with van der Waals surface area (Å²) in [7, 11) is 1.65. The summed E-state index contributed by atoms with van der Waals surface area (Å²) in [4.78, 5) is 11.2. The van der Waals surface area contributed by atoms with Crippen molar-refractivity contribution < 1.29 is 9.53 Å². The molecule has 5 heteroatoms. The molecule has 1 rings (SSSR count). The van der Waals surface area contributed by atoms with Gasteiger partial charge in [0.15, 0.2) is 0 Å². The predicted octanol–water partition coefficient (Wildman–Crippen LogP) is 0.560. The second-order valence-corrected chi connectivity index (χ2v) is 3.75. The third-order valence-electron chi connectivity index (χ3n) is 2.34. The second kappa shape index (κ2) is 8.95. The van der Waals surface area contributed by atoms with Gasteiger partial charge in [-0.1, -0.05) is 12.8 Å². The predicted molar refractivity (Wildman–Crippen MR) is 62.3 cm³/mol. The SMILES string of the molecule is COCCNCC(=O)NCCC1CC1.Cl. The fourth-order valence-corrected chi connectivity index (χ4v) is 1.26. The lowest BCUT2D eigenvalue weighted by molar-refractivity contribution is -0.120. The molecule has 1 aliphatic rings. The van der Waals surface area contributed by atoms with Crippen LogP contribution in [-0.2, 0) is 9.53 Å². The summed E-state index contributed by atoms with van der Waals surface area (Å²) < 4.78 is 4.85. The lowest BCUT2D eigenvalue weighted by Crippen LogP contribution is -2.35. The highest BCUT2D eigenvalue weighted by molar-refractivity contribution is 5.85. The van der Waals surface area contributed by atoms with Crippen molar-refractivity contribution in [1.82, 2.24) is 10.6 Å². The number of hydrogen-bond acceptors (Lipinski definition) is 3. The fourth-order valence-electron chi connectivity index (χ4n) is 1.26. The van der Waals surface area contributed by atoms with Crippen LogP contribution in [0, 0.1) is 5.92 Å². The van der Waals surface area contributed by atoms with Gasteiger partial charge in [-0.15, -0.1) is 12.4 Å². The standard InChI is InChI=1S/C10H20N2O2.ClH/c1-14-7-6-11-8-10(13)12-5-4-9-2-3-9;/h9,11H,2-8H2,1H3,(H,12,13);1H. The molecule has 1 fully saturated rings. The van der Waals surface area contributed by atoms with Gasteiger partial charge in [0, 0.05) is 20.2 Å². The van der Waals surface area contributed by atoms with Crippen LogP contribution in [0.25, 0.3) is 0 Å². The van der Waals surface area contributed by atoms with Gasteiger partial charge in [0.05, 0.1) is 13.2 Å². The first-order valence-electron chi connectivity index (χ1n) is 5.29. The van der Waals surface area contributed by atoms with E-state index in [-0.39, 0.29) is 18.3 Å². The average molecular weight is 237 g/mol. The quantitative estimate of drug-likeness (QED) is 0.606. The largest absolute Gasteiger partial charge is 0.383 e. The summed E-state index contributed by atoms with van der Waals surface area (Å²) in [6.45, 7) is 2.60. The number of halogens is 1. The topological polar surface area (TPSA) is 50.4 Å². The maximum Gasteiger partial charge on any atom is 0.233 e. The van der Waals surface area contributed by atoms with Gasteiger partial charge in [-0.3, -0.25) is 4.79 Å². The van der Waals surface area contributed by atoms with Crippen LogP contribution in [0.1, 0.15) is 19.3 Å². The van der Waals surface area contributed by atoms with Crippen LogP contribution in [0.2, 0.25) is 0 Å². The fraction of sp³-hybridized carbons (Fsp3) is 0.900. The molecule has 0 aliphatic heterocycles. The van der Waals surface area contributed by atoms with Crippen molar-refractivity contribution in [2.24, 2.45) is 5.92 Å². The molecule has 90 valence electrons. The Kier molecular flexibility index (Phi) is 8.76. The Hall–Kier alpha value is -0.320. The van der Waals surface area contributed by atoms with Crippen LogP contribution in [0.15, 0.2) is 0 Å². The summed E-state index contributed by atoms with van der Waals surface area (Å²) in [5, 5.41) is 5.89. The van der Waals surface area contributed by atoms with E-state index in [2.05, 4.69) is 10.6 Å². The maximum absolute atomic E-state index is 11.2. The van der Waals surface area contributed by atoms with Gasteiger partial charge in [-0.2, -0.15) is 0 Å². The maximum atomic E-state index is 11.2. The van der Waals surface area contributed by atoms with Crippen LogP contribution >= 0.6 is 12.4 Å². The smallest absolute Gasteiger partial charge is 0.233 e. The highest BCUT2D eigenvalue weighted by atomic mass is 35.5. The Morgan fingerprint density at radius 2 is 2.13 bits per heavy atom. The minimum absolute atomic E-state index is 0. The molecule has 0 bridgehead atoms. The molecular weight excluding hydrogens is 216 g/mol. The highest BCUT2D eigenvalue weighted by Gasteiger charge is 2.20. The van der Waals surface area contributed by atoms with Crippen molar-refractivity contribution in [2.75, 3.05) is 33.4 Å². The van der Waals surface area contributed by atoms with E-state index in [0.717, 1.165) is 25.4 Å². The molecule has 4 nitrogen and oxygen atoms in total. The molecule has 0 aromatic carbocycles. The lowest BCUT2D eigenvalue weighted by atomic mass is 10.3. The van der Waals surface area contributed by atoms with Gasteiger partial charge in [-0.05, 0) is 12.3 Å². The zero-order valence-electron chi connectivity index (χ0n) is 9.25. The molecule has 0 unspecified atom stereocenters. The Morgan fingerprint density at radius 3 is 2.73 bits per heavy atom. The third kappa shape index (κ3) is 8.66. The zero-order valence-corrected chi connectivity index (χ0v) is 10.1. The van der Waals surface area contributed by atoms with Crippen molar-refractivity contribution in [1.29, 1.82) is 0 Å². The van der Waals surface area contributed by atoms with E-state index in [1.807, 2.05) is 0 Å². The van der Waals surface area contributed by atoms with E-state index >= 15 is 0 Å². The monoisotopic (exact) mass is 236 g/mol. The molecule has 1 amide bonds. The Morgan fingerprint density at radius 1 is 1.40 bits per heavy atom. The second-order valence-electron chi connectivity index (χ2n) is 3.75. The van der Waals surface area contributed by atoms with Crippen LogP contribution in [0.5, 0.6) is 0 Å². The summed E-state index contributed by atoms with van der Waals surface area (Å²) in [6.07, 6.45) is 3.84. The van der Waals surface area contributed by atoms with E-state index in [9.17, 15) is 4.79 Å². The molecule has 0 spiro atoms. The first-order chi connectivity index (χ1) is 6.83. The van der Waals surface area contributed by atoms with E-state index in [4.69, 9.17) is 4.74 Å². The van der Waals surface area contributed by atoms with Gasteiger partial charge in [0.25, 0.3) is 0 Å². The Labute approximate surface area is 97.5 Å². The van der Waals surface area contributed by atoms with E-state index in [1.54, 1.807) is 7.11 Å². The molecule has 0 aromatic rings. The number of ether oxygens (including phenoxy) is 1. The van der Waals surface area contributed by atoms with Crippen LogP contribution < -0.4 is 10.6 Å². The minimum atomic E-state index is 0. The molecule has 15 heavy (non-hydrogen) atoms. The number of methoxy groups -OCH3 is 1. The van der Waals surface area contributed by atoms with E-state index in [0.29, 0.717) is 13.2 Å². The molecule has 0 radical (unpaired) electrons. The van der Waals surface area contributed by atoms with E-state index in [1.165, 1.54) is 12.8 Å². The van der Waals surface area contributed by atoms with Crippen molar-refractivity contribution in [3.05, 3.63) is 0 Å². The first kappa shape index (κ1) is 14.7. The lowest BCUT2D eigenvalue weighted by Gasteiger charge is -2.05. The van der Waals surface area contributed by atoms with Gasteiger partial charge in [0.1, 0.15) is 0 Å². The molecule has 0 atom stereocenters. The molecular formula is C10H21ClN2O2. The summed E-state index contributed by atoms with van der Waals surface area (Å²) in [5.74, 6) is 0.971. The van der Waals surface area contributed by atoms with Crippen LogP contribution in [-0.4, -0.2) is 39.3 Å². The van der Waals surface area contributed by atoms with Crippen LogP contribution in [0.3, 0.4) is 0 Å². The van der Waals surface area contributed by atoms with Crippen molar-refractivity contribution in [3.8, 4) is 0 Å². The zero-order chi connectivity index (χ0) is 10.2. The van der Waals surface area contributed by atoms with Crippen molar-refractivity contribution in [3.63, 3.8) is 0 Å². The number of carbonyl (C=O) groups excluding carboxylic acids is 1. The number of amides is 1. The molecule has 2 N–H and O–H groups in total. The van der Waals surface area contributed by atoms with Crippen LogP contribution in [0.4, 0.5) is 0 Å². The van der Waals surface area contributed by atoms with E-state index < -0.39 is 0 Å². The number of nitrogens with one attached hydrogen (secondary N) is 2. The van der Waals surface area contributed by atoms with Crippen molar-refractivity contribution >= 4 is 18.3 Å².